The molecule has 0 bridgehead atoms. The molecule has 34 heavy (non-hydrogen) atoms. The van der Waals surface area contributed by atoms with Crippen molar-refractivity contribution in [2.45, 2.75) is 51.4 Å². The summed E-state index contributed by atoms with van der Waals surface area (Å²) in [5, 5.41) is 11.8. The molecule has 7 rings (SSSR count). The topological polar surface area (TPSA) is 54.8 Å². The maximum absolute atomic E-state index is 9.18. The number of furan rings is 1. The first-order valence-electron chi connectivity index (χ1n) is 12.4. The van der Waals surface area contributed by atoms with Crippen LogP contribution in [0.25, 0.3) is 39.2 Å². The van der Waals surface area contributed by atoms with Crippen molar-refractivity contribution in [3.05, 3.63) is 82.5 Å². The summed E-state index contributed by atoms with van der Waals surface area (Å²) in [5.74, 6) is 1.19. The number of fused-ring (bicyclic) bond motifs is 6. The van der Waals surface area contributed by atoms with Gasteiger partial charge in [0, 0.05) is 46.4 Å². The monoisotopic (exact) mass is 443 g/mol. The second-order valence-electron chi connectivity index (χ2n) is 9.57. The molecule has 4 heteroatoms. The summed E-state index contributed by atoms with van der Waals surface area (Å²) in [6.07, 6.45) is 19.7. The fraction of sp³-hybridized carbons (Fsp3) is 0.267. The van der Waals surface area contributed by atoms with Gasteiger partial charge in [-0.2, -0.15) is 5.26 Å². The zero-order chi connectivity index (χ0) is 22.6. The molecular weight excluding hydrogens is 418 g/mol. The summed E-state index contributed by atoms with van der Waals surface area (Å²) < 4.78 is 8.84. The molecule has 3 aliphatic rings. The predicted octanol–water partition coefficient (Wildman–Crippen LogP) is 7.21. The molecule has 166 valence electrons. The molecule has 3 aromatic heterocycles. The Morgan fingerprint density at radius 2 is 1.79 bits per heavy atom. The van der Waals surface area contributed by atoms with E-state index in [2.05, 4.69) is 52.1 Å². The lowest BCUT2D eigenvalue weighted by molar-refractivity contribution is 0.506. The van der Waals surface area contributed by atoms with E-state index in [0.717, 1.165) is 49.7 Å². The number of nitriles is 1. The highest BCUT2D eigenvalue weighted by Gasteiger charge is 2.25. The van der Waals surface area contributed by atoms with Crippen molar-refractivity contribution in [2.24, 2.45) is 0 Å². The fourth-order valence-electron chi connectivity index (χ4n) is 6.04. The number of hydrogen-bond donors (Lipinski definition) is 0. The summed E-state index contributed by atoms with van der Waals surface area (Å²) in [5.41, 5.74) is 10.4. The molecule has 1 aromatic carbocycles. The minimum Gasteiger partial charge on any atom is -0.461 e. The van der Waals surface area contributed by atoms with E-state index in [0.29, 0.717) is 5.69 Å². The quantitative estimate of drug-likeness (QED) is 0.329. The Kier molecular flexibility index (Phi) is 4.38. The van der Waals surface area contributed by atoms with Crippen molar-refractivity contribution in [3.8, 4) is 6.07 Å². The van der Waals surface area contributed by atoms with E-state index < -0.39 is 0 Å². The van der Waals surface area contributed by atoms with Crippen molar-refractivity contribution < 1.29 is 4.42 Å². The van der Waals surface area contributed by atoms with Gasteiger partial charge >= 0.3 is 0 Å². The van der Waals surface area contributed by atoms with E-state index in [1.54, 1.807) is 0 Å². The average molecular weight is 444 g/mol. The van der Waals surface area contributed by atoms with Crippen LogP contribution in [0.1, 0.15) is 65.9 Å². The van der Waals surface area contributed by atoms with Gasteiger partial charge in [0.2, 0.25) is 0 Å². The molecule has 0 atom stereocenters. The zero-order valence-electron chi connectivity index (χ0n) is 19.1. The summed E-state index contributed by atoms with van der Waals surface area (Å²) >= 11 is 0. The van der Waals surface area contributed by atoms with E-state index in [1.807, 2.05) is 18.3 Å². The molecule has 0 saturated heterocycles. The van der Waals surface area contributed by atoms with Gasteiger partial charge in [0.15, 0.2) is 0 Å². The Hall–Kier alpha value is -3.84. The Morgan fingerprint density at radius 1 is 0.912 bits per heavy atom. The van der Waals surface area contributed by atoms with Gasteiger partial charge in [-0.05, 0) is 85.9 Å². The van der Waals surface area contributed by atoms with Crippen LogP contribution in [-0.2, 0) is 19.3 Å². The second-order valence-corrected chi connectivity index (χ2v) is 9.57. The van der Waals surface area contributed by atoms with Crippen molar-refractivity contribution in [2.75, 3.05) is 0 Å². The van der Waals surface area contributed by atoms with E-state index in [1.165, 1.54) is 63.0 Å². The van der Waals surface area contributed by atoms with E-state index in [9.17, 15) is 5.26 Å². The Morgan fingerprint density at radius 3 is 2.68 bits per heavy atom. The van der Waals surface area contributed by atoms with Gasteiger partial charge in [-0.15, -0.1) is 0 Å². The molecule has 0 unspecified atom stereocenters. The smallest absolute Gasteiger partial charge is 0.140 e. The Balaban J connectivity index is 1.53. The van der Waals surface area contributed by atoms with Crippen LogP contribution in [0, 0.1) is 11.3 Å². The SMILES string of the molecule is N#Cc1ccc(C2=C(n3c4c(c5cc6c7c(oc6cc53)CCCC7)CCC=C4)C=CCC2)cn1. The largest absolute Gasteiger partial charge is 0.461 e. The van der Waals surface area contributed by atoms with Crippen LogP contribution in [0.2, 0.25) is 0 Å². The van der Waals surface area contributed by atoms with Gasteiger partial charge in [0.05, 0.1) is 5.52 Å². The molecule has 3 aliphatic carbocycles. The van der Waals surface area contributed by atoms with E-state index >= 15 is 0 Å². The summed E-state index contributed by atoms with van der Waals surface area (Å²) in [6.45, 7) is 0. The number of rotatable bonds is 2. The van der Waals surface area contributed by atoms with Crippen LogP contribution in [0.3, 0.4) is 0 Å². The lowest BCUT2D eigenvalue weighted by atomic mass is 9.94. The molecule has 0 radical (unpaired) electrons. The van der Waals surface area contributed by atoms with Gasteiger partial charge in [-0.25, -0.2) is 4.98 Å². The zero-order valence-corrected chi connectivity index (χ0v) is 19.1. The molecule has 0 amide bonds. The highest BCUT2D eigenvalue weighted by molar-refractivity contribution is 6.04. The second kappa shape index (κ2) is 7.60. The van der Waals surface area contributed by atoms with Crippen molar-refractivity contribution in [1.82, 2.24) is 9.55 Å². The molecule has 0 aliphatic heterocycles. The lowest BCUT2D eigenvalue weighted by Gasteiger charge is -2.20. The number of pyridine rings is 1. The third kappa shape index (κ3) is 2.86. The lowest BCUT2D eigenvalue weighted by Crippen LogP contribution is -2.06. The minimum atomic E-state index is 0.452. The molecule has 4 nitrogen and oxygen atoms in total. The molecule has 0 saturated carbocycles. The predicted molar refractivity (Wildman–Crippen MR) is 136 cm³/mol. The van der Waals surface area contributed by atoms with Crippen LogP contribution in [0.4, 0.5) is 0 Å². The third-order valence-corrected chi connectivity index (χ3v) is 7.64. The van der Waals surface area contributed by atoms with Crippen LogP contribution in [-0.4, -0.2) is 9.55 Å². The number of allylic oxidation sites excluding steroid dienone is 5. The van der Waals surface area contributed by atoms with Crippen LogP contribution >= 0.6 is 0 Å². The maximum Gasteiger partial charge on any atom is 0.140 e. The van der Waals surface area contributed by atoms with Gasteiger partial charge < -0.3 is 8.98 Å². The van der Waals surface area contributed by atoms with Crippen molar-refractivity contribution in [1.29, 1.82) is 5.26 Å². The van der Waals surface area contributed by atoms with Gasteiger partial charge in [-0.3, -0.25) is 0 Å². The minimum absolute atomic E-state index is 0.452. The average Bonchev–Trinajstić information content (AvgIpc) is 3.42. The van der Waals surface area contributed by atoms with E-state index in [-0.39, 0.29) is 0 Å². The summed E-state index contributed by atoms with van der Waals surface area (Å²) in [6, 6.07) is 10.7. The molecule has 0 spiro atoms. The Labute approximate surface area is 198 Å². The van der Waals surface area contributed by atoms with Crippen molar-refractivity contribution >= 4 is 39.2 Å². The molecule has 3 heterocycles. The third-order valence-electron chi connectivity index (χ3n) is 7.64. The first-order chi connectivity index (χ1) is 16.8. The maximum atomic E-state index is 9.18. The van der Waals surface area contributed by atoms with Crippen LogP contribution in [0.15, 0.2) is 53.1 Å². The fourth-order valence-corrected chi connectivity index (χ4v) is 6.04. The molecule has 0 fully saturated rings. The van der Waals surface area contributed by atoms with Crippen molar-refractivity contribution in [3.63, 3.8) is 0 Å². The Bertz CT molecular complexity index is 1600. The molecule has 4 aromatic rings. The molecule has 0 N–H and O–H groups in total. The normalized spacial score (nSPS) is 17.3. The first kappa shape index (κ1) is 19.6. The number of aryl methyl sites for hydroxylation is 3. The first-order valence-corrected chi connectivity index (χ1v) is 12.4. The standard InChI is InChI=1S/C30H25N3O/c31-17-20-14-13-19(18-32-20)21-7-1-4-10-26(21)33-27-11-5-2-8-22(27)24-15-25-23-9-3-6-12-29(23)34-30(25)16-28(24)33/h4-5,10-11,13-16,18H,1-3,6-9,12H2. The van der Waals surface area contributed by atoms with E-state index in [4.69, 9.17) is 4.42 Å². The highest BCUT2D eigenvalue weighted by atomic mass is 16.3. The number of aromatic nitrogens is 2. The van der Waals surface area contributed by atoms with Crippen LogP contribution in [0.5, 0.6) is 0 Å². The summed E-state index contributed by atoms with van der Waals surface area (Å²) in [4.78, 5) is 4.36. The number of benzene rings is 1. The van der Waals surface area contributed by atoms with Gasteiger partial charge in [-0.1, -0.05) is 18.2 Å². The number of hydrogen-bond acceptors (Lipinski definition) is 3. The van der Waals surface area contributed by atoms with Gasteiger partial charge in [0.1, 0.15) is 23.1 Å². The number of nitrogens with zero attached hydrogens (tertiary/aromatic N) is 3. The summed E-state index contributed by atoms with van der Waals surface area (Å²) in [7, 11) is 0. The molecular formula is C30H25N3O. The highest BCUT2D eigenvalue weighted by Crippen LogP contribution is 2.42. The van der Waals surface area contributed by atoms with Crippen LogP contribution < -0.4 is 0 Å². The van der Waals surface area contributed by atoms with Gasteiger partial charge in [0.25, 0.3) is 0 Å².